The van der Waals surface area contributed by atoms with Crippen LogP contribution in [0.2, 0.25) is 0 Å². The number of pyridine rings is 1. The lowest BCUT2D eigenvalue weighted by Gasteiger charge is -2.11. The third-order valence-electron chi connectivity index (χ3n) is 3.89. The largest absolute Gasteiger partial charge is 0.309 e. The third kappa shape index (κ3) is 2.78. The highest BCUT2D eigenvalue weighted by atomic mass is 32.2. The quantitative estimate of drug-likeness (QED) is 0.567. The zero-order chi connectivity index (χ0) is 16.5. The Labute approximate surface area is 143 Å². The van der Waals surface area contributed by atoms with Crippen LogP contribution in [0.5, 0.6) is 0 Å². The highest BCUT2D eigenvalue weighted by Gasteiger charge is 2.13. The van der Waals surface area contributed by atoms with Crippen molar-refractivity contribution in [3.8, 4) is 0 Å². The lowest BCUT2D eigenvalue weighted by Crippen LogP contribution is -2.12. The molecule has 2 aromatic carbocycles. The molecule has 2 heterocycles. The van der Waals surface area contributed by atoms with E-state index >= 15 is 0 Å². The molecule has 0 radical (unpaired) electrons. The van der Waals surface area contributed by atoms with Crippen LogP contribution in [0.4, 0.5) is 0 Å². The SMILES string of the molecule is C[C@@H](Sc1ccc2ccccc2n1)c1nc2ccccc2c(=O)[nH]1. The molecule has 118 valence electrons. The number of hydrogen-bond donors (Lipinski definition) is 1. The van der Waals surface area contributed by atoms with Gasteiger partial charge in [-0.3, -0.25) is 4.79 Å². The number of nitrogens with zero attached hydrogens (tertiary/aromatic N) is 2. The van der Waals surface area contributed by atoms with Crippen LogP contribution >= 0.6 is 11.8 Å². The smallest absolute Gasteiger partial charge is 0.258 e. The summed E-state index contributed by atoms with van der Waals surface area (Å²) in [6.45, 7) is 2.02. The normalized spacial score (nSPS) is 12.5. The molecular formula is C19H15N3OS. The lowest BCUT2D eigenvalue weighted by molar-refractivity contribution is 0.919. The molecule has 2 aromatic heterocycles. The lowest BCUT2D eigenvalue weighted by atomic mass is 10.2. The Kier molecular flexibility index (Phi) is 3.78. The molecule has 4 nitrogen and oxygen atoms in total. The van der Waals surface area contributed by atoms with Crippen LogP contribution < -0.4 is 5.56 Å². The predicted octanol–water partition coefficient (Wildman–Crippen LogP) is 4.32. The molecule has 0 fully saturated rings. The number of hydrogen-bond acceptors (Lipinski definition) is 4. The van der Waals surface area contributed by atoms with Crippen LogP contribution in [0, 0.1) is 0 Å². The number of fused-ring (bicyclic) bond motifs is 2. The van der Waals surface area contributed by atoms with Crippen molar-refractivity contribution in [2.45, 2.75) is 17.2 Å². The number of para-hydroxylation sites is 2. The summed E-state index contributed by atoms with van der Waals surface area (Å²) in [6.07, 6.45) is 0. The zero-order valence-corrected chi connectivity index (χ0v) is 13.9. The van der Waals surface area contributed by atoms with Gasteiger partial charge in [0.05, 0.1) is 26.7 Å². The molecule has 0 aliphatic heterocycles. The average Bonchev–Trinajstić information content (AvgIpc) is 2.61. The Bertz CT molecular complexity index is 1090. The van der Waals surface area contributed by atoms with E-state index in [1.807, 2.05) is 55.5 Å². The summed E-state index contributed by atoms with van der Waals surface area (Å²) < 4.78 is 0. The number of benzene rings is 2. The molecule has 1 atom stereocenters. The highest BCUT2D eigenvalue weighted by molar-refractivity contribution is 7.99. The van der Waals surface area contributed by atoms with E-state index in [0.29, 0.717) is 11.2 Å². The van der Waals surface area contributed by atoms with E-state index in [1.54, 1.807) is 17.8 Å². The van der Waals surface area contributed by atoms with E-state index in [-0.39, 0.29) is 10.8 Å². The topological polar surface area (TPSA) is 58.6 Å². The molecule has 0 aliphatic carbocycles. The fourth-order valence-electron chi connectivity index (χ4n) is 2.65. The molecule has 0 spiro atoms. The maximum absolute atomic E-state index is 12.2. The van der Waals surface area contributed by atoms with Gasteiger partial charge >= 0.3 is 0 Å². The first kappa shape index (κ1) is 14.9. The molecule has 4 rings (SSSR count). The molecular weight excluding hydrogens is 318 g/mol. The van der Waals surface area contributed by atoms with Crippen molar-refractivity contribution in [2.24, 2.45) is 0 Å². The Hall–Kier alpha value is -2.66. The van der Waals surface area contributed by atoms with Gasteiger partial charge in [-0.15, -0.1) is 0 Å². The van der Waals surface area contributed by atoms with Gasteiger partial charge in [-0.05, 0) is 31.2 Å². The van der Waals surface area contributed by atoms with Gasteiger partial charge in [-0.2, -0.15) is 0 Å². The van der Waals surface area contributed by atoms with Crippen LogP contribution in [0.3, 0.4) is 0 Å². The van der Waals surface area contributed by atoms with Gasteiger partial charge in [0, 0.05) is 5.39 Å². The number of rotatable bonds is 3. The second kappa shape index (κ2) is 6.09. The van der Waals surface area contributed by atoms with E-state index in [9.17, 15) is 4.79 Å². The van der Waals surface area contributed by atoms with Gasteiger partial charge in [0.1, 0.15) is 5.82 Å². The van der Waals surface area contributed by atoms with E-state index < -0.39 is 0 Å². The molecule has 0 saturated heterocycles. The summed E-state index contributed by atoms with van der Waals surface area (Å²) in [4.78, 5) is 24.4. The highest BCUT2D eigenvalue weighted by Crippen LogP contribution is 2.32. The molecule has 0 aliphatic rings. The molecule has 0 saturated carbocycles. The van der Waals surface area contributed by atoms with Crippen molar-refractivity contribution in [1.29, 1.82) is 0 Å². The number of aromatic amines is 1. The van der Waals surface area contributed by atoms with E-state index in [0.717, 1.165) is 21.4 Å². The maximum Gasteiger partial charge on any atom is 0.258 e. The zero-order valence-electron chi connectivity index (χ0n) is 13.1. The Morgan fingerprint density at radius 3 is 2.54 bits per heavy atom. The summed E-state index contributed by atoms with van der Waals surface area (Å²) in [5, 5.41) is 2.64. The van der Waals surface area contributed by atoms with Crippen LogP contribution in [0.1, 0.15) is 18.0 Å². The number of aromatic nitrogens is 3. The molecule has 5 heteroatoms. The van der Waals surface area contributed by atoms with Crippen molar-refractivity contribution < 1.29 is 0 Å². The van der Waals surface area contributed by atoms with Gasteiger partial charge in [-0.1, -0.05) is 48.2 Å². The van der Waals surface area contributed by atoms with Crippen molar-refractivity contribution in [2.75, 3.05) is 0 Å². The summed E-state index contributed by atoms with van der Waals surface area (Å²) in [5.74, 6) is 0.665. The fourth-order valence-corrected chi connectivity index (χ4v) is 3.53. The van der Waals surface area contributed by atoms with Crippen molar-refractivity contribution in [1.82, 2.24) is 15.0 Å². The van der Waals surface area contributed by atoms with Crippen molar-refractivity contribution in [3.05, 3.63) is 76.8 Å². The Morgan fingerprint density at radius 2 is 1.67 bits per heavy atom. The Balaban J connectivity index is 1.67. The minimum absolute atomic E-state index is 0.00373. The first-order valence-corrected chi connectivity index (χ1v) is 8.60. The monoisotopic (exact) mass is 333 g/mol. The average molecular weight is 333 g/mol. The number of nitrogens with one attached hydrogen (secondary N) is 1. The summed E-state index contributed by atoms with van der Waals surface area (Å²) in [7, 11) is 0. The number of thioether (sulfide) groups is 1. The van der Waals surface area contributed by atoms with Crippen molar-refractivity contribution >= 4 is 33.6 Å². The van der Waals surface area contributed by atoms with Crippen LogP contribution in [-0.2, 0) is 0 Å². The van der Waals surface area contributed by atoms with Gasteiger partial charge in [0.25, 0.3) is 5.56 Å². The minimum Gasteiger partial charge on any atom is -0.309 e. The molecule has 24 heavy (non-hydrogen) atoms. The third-order valence-corrected chi connectivity index (χ3v) is 4.93. The van der Waals surface area contributed by atoms with Crippen LogP contribution in [0.25, 0.3) is 21.8 Å². The molecule has 4 aromatic rings. The summed E-state index contributed by atoms with van der Waals surface area (Å²) in [6, 6.07) is 19.5. The van der Waals surface area contributed by atoms with Gasteiger partial charge in [-0.25, -0.2) is 9.97 Å². The fraction of sp³-hybridized carbons (Fsp3) is 0.105. The van der Waals surface area contributed by atoms with Crippen molar-refractivity contribution in [3.63, 3.8) is 0 Å². The summed E-state index contributed by atoms with van der Waals surface area (Å²) >= 11 is 1.59. The van der Waals surface area contributed by atoms with Gasteiger partial charge in [0.15, 0.2) is 0 Å². The summed E-state index contributed by atoms with van der Waals surface area (Å²) in [5.41, 5.74) is 1.58. The second-order valence-electron chi connectivity index (χ2n) is 5.57. The minimum atomic E-state index is -0.102. The van der Waals surface area contributed by atoms with Crippen LogP contribution in [-0.4, -0.2) is 15.0 Å². The molecule has 0 amide bonds. The molecule has 0 unspecified atom stereocenters. The first-order chi connectivity index (χ1) is 11.7. The van der Waals surface area contributed by atoms with E-state index in [2.05, 4.69) is 21.0 Å². The number of H-pyrrole nitrogens is 1. The second-order valence-corrected chi connectivity index (χ2v) is 6.93. The molecule has 1 N–H and O–H groups in total. The molecule has 0 bridgehead atoms. The predicted molar refractivity (Wildman–Crippen MR) is 98.4 cm³/mol. The van der Waals surface area contributed by atoms with Crippen LogP contribution in [0.15, 0.2) is 70.5 Å². The van der Waals surface area contributed by atoms with E-state index in [4.69, 9.17) is 0 Å². The standard InChI is InChI=1S/C19H15N3OS/c1-12(18-21-16-9-5-3-7-14(16)19(23)22-18)24-17-11-10-13-6-2-4-8-15(13)20-17/h2-12H,1H3,(H,21,22,23)/t12-/m1/s1. The first-order valence-electron chi connectivity index (χ1n) is 7.72. The maximum atomic E-state index is 12.2. The Morgan fingerprint density at radius 1 is 0.917 bits per heavy atom. The van der Waals surface area contributed by atoms with E-state index in [1.165, 1.54) is 0 Å². The van der Waals surface area contributed by atoms with Gasteiger partial charge < -0.3 is 4.98 Å². The van der Waals surface area contributed by atoms with Gasteiger partial charge in [0.2, 0.25) is 0 Å².